The third-order valence-electron chi connectivity index (χ3n) is 8.86. The highest BCUT2D eigenvalue weighted by molar-refractivity contribution is 5.99. The zero-order chi connectivity index (χ0) is 29.7. The van der Waals surface area contributed by atoms with E-state index in [-0.39, 0.29) is 12.0 Å². The van der Waals surface area contributed by atoms with Crippen molar-refractivity contribution >= 4 is 27.1 Å². The predicted molar refractivity (Wildman–Crippen MR) is 182 cm³/mol. The first-order valence-electron chi connectivity index (χ1n) is 15.3. The van der Waals surface area contributed by atoms with Crippen molar-refractivity contribution in [1.29, 1.82) is 0 Å². The average molecular weight is 578 g/mol. The van der Waals surface area contributed by atoms with Crippen LogP contribution in [0.25, 0.3) is 61.3 Å². The molecule has 0 saturated heterocycles. The number of benzene rings is 6. The minimum atomic E-state index is -0.0359. The van der Waals surface area contributed by atoms with Crippen LogP contribution in [0.2, 0.25) is 0 Å². The number of hydrogen-bond acceptors (Lipinski definition) is 4. The standard InChI is InChI=1S/C41H27N3O/c1-2-12-27(13-3-1)39-42-40(30-22-21-26-11-4-5-14-28(26)23-30)44-41(43-39)31-24-29-15-6-7-16-32(29)35(25-31)33-18-10-20-37-38(33)34-17-8-9-19-36(34)45-37/h1-25,37-38H. The summed E-state index contributed by atoms with van der Waals surface area (Å²) in [5.74, 6) is 3.01. The normalized spacial score (nSPS) is 16.7. The van der Waals surface area contributed by atoms with Crippen LogP contribution >= 0.6 is 0 Å². The molecule has 1 aliphatic carbocycles. The number of fused-ring (bicyclic) bond motifs is 5. The summed E-state index contributed by atoms with van der Waals surface area (Å²) in [6.07, 6.45) is 6.49. The molecule has 2 aliphatic rings. The van der Waals surface area contributed by atoms with Gasteiger partial charge in [-0.1, -0.05) is 121 Å². The minimum Gasteiger partial charge on any atom is -0.485 e. The molecular weight excluding hydrogens is 550 g/mol. The summed E-state index contributed by atoms with van der Waals surface area (Å²) in [7, 11) is 0. The number of hydrogen-bond donors (Lipinski definition) is 0. The Morgan fingerprint density at radius 2 is 1.18 bits per heavy atom. The van der Waals surface area contributed by atoms with Crippen LogP contribution in [-0.4, -0.2) is 21.1 Å². The van der Waals surface area contributed by atoms with Crippen molar-refractivity contribution in [3.05, 3.63) is 163 Å². The van der Waals surface area contributed by atoms with E-state index in [0.29, 0.717) is 17.5 Å². The molecule has 9 rings (SSSR count). The SMILES string of the molecule is C1=CC2Oc3ccccc3C2C(c2cc(-c3nc(-c4ccccc4)nc(-c4ccc5ccccc5c4)n3)cc3ccccc23)=C1. The van der Waals surface area contributed by atoms with Gasteiger partial charge >= 0.3 is 0 Å². The number of ether oxygens (including phenoxy) is 1. The highest BCUT2D eigenvalue weighted by Crippen LogP contribution is 2.49. The Labute approximate surface area is 261 Å². The molecule has 7 aromatic rings. The Hall–Kier alpha value is -5.87. The van der Waals surface area contributed by atoms with E-state index < -0.39 is 0 Å². The van der Waals surface area contributed by atoms with Crippen molar-refractivity contribution in [3.63, 3.8) is 0 Å². The first kappa shape index (κ1) is 25.6. The fourth-order valence-electron chi connectivity index (χ4n) is 6.72. The van der Waals surface area contributed by atoms with Gasteiger partial charge in [0.25, 0.3) is 0 Å². The van der Waals surface area contributed by atoms with Crippen molar-refractivity contribution < 1.29 is 4.74 Å². The van der Waals surface area contributed by atoms with E-state index in [9.17, 15) is 0 Å². The third kappa shape index (κ3) is 4.42. The summed E-state index contributed by atoms with van der Waals surface area (Å²) < 4.78 is 6.39. The average Bonchev–Trinajstić information content (AvgIpc) is 3.50. The maximum absolute atomic E-state index is 6.39. The molecule has 0 radical (unpaired) electrons. The second-order valence-corrected chi connectivity index (χ2v) is 11.6. The molecule has 0 saturated carbocycles. The van der Waals surface area contributed by atoms with Gasteiger partial charge in [-0.2, -0.15) is 0 Å². The summed E-state index contributed by atoms with van der Waals surface area (Å²) >= 11 is 0. The van der Waals surface area contributed by atoms with Gasteiger partial charge in [0.15, 0.2) is 17.5 Å². The smallest absolute Gasteiger partial charge is 0.164 e. The summed E-state index contributed by atoms with van der Waals surface area (Å²) in [5.41, 5.74) is 6.47. The molecule has 1 aliphatic heterocycles. The molecule has 2 heterocycles. The van der Waals surface area contributed by atoms with Crippen molar-refractivity contribution in [2.24, 2.45) is 0 Å². The fourth-order valence-corrected chi connectivity index (χ4v) is 6.72. The van der Waals surface area contributed by atoms with Crippen molar-refractivity contribution in [1.82, 2.24) is 15.0 Å². The molecule has 0 bridgehead atoms. The highest BCUT2D eigenvalue weighted by atomic mass is 16.5. The maximum Gasteiger partial charge on any atom is 0.164 e. The molecule has 45 heavy (non-hydrogen) atoms. The second-order valence-electron chi connectivity index (χ2n) is 11.6. The molecule has 0 amide bonds. The molecule has 0 N–H and O–H groups in total. The summed E-state index contributed by atoms with van der Waals surface area (Å²) in [6, 6.07) is 46.3. The quantitative estimate of drug-likeness (QED) is 0.209. The molecular formula is C41H27N3O. The molecule has 4 nitrogen and oxygen atoms in total. The minimum absolute atomic E-state index is 0.0359. The van der Waals surface area contributed by atoms with Gasteiger partial charge in [0, 0.05) is 22.3 Å². The Kier molecular flexibility index (Phi) is 5.91. The lowest BCUT2D eigenvalue weighted by atomic mass is 9.79. The largest absolute Gasteiger partial charge is 0.485 e. The molecule has 0 fully saturated rings. The maximum atomic E-state index is 6.39. The van der Waals surface area contributed by atoms with Crippen molar-refractivity contribution in [2.75, 3.05) is 0 Å². The van der Waals surface area contributed by atoms with E-state index in [0.717, 1.165) is 38.8 Å². The lowest BCUT2D eigenvalue weighted by molar-refractivity contribution is 0.271. The van der Waals surface area contributed by atoms with Gasteiger partial charge in [0.1, 0.15) is 11.9 Å². The predicted octanol–water partition coefficient (Wildman–Crippen LogP) is 9.68. The number of allylic oxidation sites excluding steroid dienone is 2. The number of nitrogens with zero attached hydrogens (tertiary/aromatic N) is 3. The monoisotopic (exact) mass is 577 g/mol. The van der Waals surface area contributed by atoms with Crippen LogP contribution < -0.4 is 4.74 Å². The molecule has 0 spiro atoms. The third-order valence-corrected chi connectivity index (χ3v) is 8.86. The lowest BCUT2D eigenvalue weighted by Gasteiger charge is -2.24. The van der Waals surface area contributed by atoms with Gasteiger partial charge in [-0.3, -0.25) is 0 Å². The molecule has 2 atom stereocenters. The van der Waals surface area contributed by atoms with Gasteiger partial charge in [-0.25, -0.2) is 15.0 Å². The zero-order valence-electron chi connectivity index (χ0n) is 24.3. The summed E-state index contributed by atoms with van der Waals surface area (Å²) in [4.78, 5) is 15.2. The van der Waals surface area contributed by atoms with Gasteiger partial charge in [-0.05, 0) is 63.0 Å². The number of rotatable bonds is 4. The molecule has 2 unspecified atom stereocenters. The summed E-state index contributed by atoms with van der Waals surface area (Å²) in [6.45, 7) is 0. The fraction of sp³-hybridized carbons (Fsp3) is 0.0488. The van der Waals surface area contributed by atoms with Crippen LogP contribution in [0.15, 0.2) is 152 Å². The van der Waals surface area contributed by atoms with Crippen LogP contribution in [0, 0.1) is 0 Å². The number of aromatic nitrogens is 3. The Bertz CT molecular complexity index is 2320. The molecule has 4 heteroatoms. The Morgan fingerprint density at radius 1 is 0.511 bits per heavy atom. The van der Waals surface area contributed by atoms with Crippen LogP contribution in [0.4, 0.5) is 0 Å². The van der Waals surface area contributed by atoms with E-state index in [4.69, 9.17) is 19.7 Å². The zero-order valence-corrected chi connectivity index (χ0v) is 24.3. The van der Waals surface area contributed by atoms with Crippen LogP contribution in [0.5, 0.6) is 5.75 Å². The highest BCUT2D eigenvalue weighted by Gasteiger charge is 2.37. The van der Waals surface area contributed by atoms with Gasteiger partial charge in [-0.15, -0.1) is 0 Å². The topological polar surface area (TPSA) is 47.9 Å². The molecule has 6 aromatic carbocycles. The van der Waals surface area contributed by atoms with E-state index in [1.54, 1.807) is 0 Å². The summed E-state index contributed by atoms with van der Waals surface area (Å²) in [5, 5.41) is 4.66. The van der Waals surface area contributed by atoms with Crippen molar-refractivity contribution in [3.8, 4) is 39.9 Å². The molecule has 212 valence electrons. The van der Waals surface area contributed by atoms with Gasteiger partial charge in [0.2, 0.25) is 0 Å². The van der Waals surface area contributed by atoms with E-state index in [2.05, 4.69) is 115 Å². The van der Waals surface area contributed by atoms with E-state index in [1.807, 2.05) is 36.4 Å². The van der Waals surface area contributed by atoms with Crippen molar-refractivity contribution in [2.45, 2.75) is 12.0 Å². The Morgan fingerprint density at radius 3 is 2.04 bits per heavy atom. The first-order chi connectivity index (χ1) is 22.3. The lowest BCUT2D eigenvalue weighted by Crippen LogP contribution is -2.19. The van der Waals surface area contributed by atoms with Gasteiger partial charge in [0.05, 0.1) is 5.92 Å². The second kappa shape index (κ2) is 10.4. The van der Waals surface area contributed by atoms with E-state index in [1.165, 1.54) is 21.9 Å². The van der Waals surface area contributed by atoms with Gasteiger partial charge < -0.3 is 4.74 Å². The molecule has 1 aromatic heterocycles. The van der Waals surface area contributed by atoms with Crippen LogP contribution in [-0.2, 0) is 0 Å². The Balaban J connectivity index is 1.25. The van der Waals surface area contributed by atoms with E-state index >= 15 is 0 Å². The first-order valence-corrected chi connectivity index (χ1v) is 15.3. The van der Waals surface area contributed by atoms with Crippen LogP contribution in [0.1, 0.15) is 17.0 Å². The van der Waals surface area contributed by atoms with Crippen LogP contribution in [0.3, 0.4) is 0 Å². The number of para-hydroxylation sites is 1.